The van der Waals surface area contributed by atoms with E-state index in [4.69, 9.17) is 9.63 Å². The van der Waals surface area contributed by atoms with Crippen molar-refractivity contribution in [2.24, 2.45) is 0 Å². The van der Waals surface area contributed by atoms with E-state index in [2.05, 4.69) is 10.1 Å². The van der Waals surface area contributed by atoms with Gasteiger partial charge in [0.2, 0.25) is 21.7 Å². The number of aromatic nitrogens is 2. The van der Waals surface area contributed by atoms with Gasteiger partial charge in [0, 0.05) is 25.3 Å². The number of piperidine rings is 1. The van der Waals surface area contributed by atoms with Gasteiger partial charge in [0.05, 0.1) is 11.3 Å². The minimum absolute atomic E-state index is 0.115. The van der Waals surface area contributed by atoms with Gasteiger partial charge in [0.15, 0.2) is 0 Å². The van der Waals surface area contributed by atoms with E-state index in [-0.39, 0.29) is 6.61 Å². The number of nitrogens with zero attached hydrogens (tertiary/aromatic N) is 3. The average molecular weight is 428 g/mol. The molecule has 0 spiro atoms. The molecular weight excluding hydrogens is 402 g/mol. The van der Waals surface area contributed by atoms with Gasteiger partial charge in [-0.25, -0.2) is 8.42 Å². The van der Waals surface area contributed by atoms with Gasteiger partial charge in [0.1, 0.15) is 0 Å². The Morgan fingerprint density at radius 3 is 2.27 bits per heavy atom. The molecule has 4 rings (SSSR count). The third-order valence-corrected chi connectivity index (χ3v) is 7.23. The zero-order valence-corrected chi connectivity index (χ0v) is 17.5. The van der Waals surface area contributed by atoms with E-state index in [0.717, 1.165) is 36.0 Å². The van der Waals surface area contributed by atoms with Crippen LogP contribution in [0.5, 0.6) is 0 Å². The Labute approximate surface area is 176 Å². The van der Waals surface area contributed by atoms with Crippen LogP contribution in [-0.2, 0) is 22.9 Å². The van der Waals surface area contributed by atoms with Crippen molar-refractivity contribution in [3.8, 4) is 11.4 Å². The van der Waals surface area contributed by atoms with Gasteiger partial charge >= 0.3 is 0 Å². The second-order valence-corrected chi connectivity index (χ2v) is 9.41. The molecule has 1 aliphatic heterocycles. The summed E-state index contributed by atoms with van der Waals surface area (Å²) in [6, 6.07) is 14.6. The quantitative estimate of drug-likeness (QED) is 0.623. The molecule has 0 atom stereocenters. The van der Waals surface area contributed by atoms with E-state index < -0.39 is 10.0 Å². The third kappa shape index (κ3) is 4.61. The van der Waals surface area contributed by atoms with E-state index in [1.54, 1.807) is 28.6 Å². The van der Waals surface area contributed by atoms with E-state index in [1.165, 1.54) is 0 Å². The summed E-state index contributed by atoms with van der Waals surface area (Å²) in [6.45, 7) is 1.30. The third-order valence-electron chi connectivity index (χ3n) is 5.31. The van der Waals surface area contributed by atoms with Crippen molar-refractivity contribution in [1.82, 2.24) is 14.4 Å². The van der Waals surface area contributed by atoms with Crippen molar-refractivity contribution in [3.63, 3.8) is 0 Å². The highest BCUT2D eigenvalue weighted by Crippen LogP contribution is 2.22. The predicted molar refractivity (Wildman–Crippen MR) is 112 cm³/mol. The molecule has 1 aliphatic rings. The van der Waals surface area contributed by atoms with Crippen molar-refractivity contribution in [1.29, 1.82) is 0 Å². The lowest BCUT2D eigenvalue weighted by Gasteiger charge is -2.25. The smallest absolute Gasteiger partial charge is 0.243 e. The molecule has 0 aliphatic carbocycles. The van der Waals surface area contributed by atoms with Gasteiger partial charge in [-0.1, -0.05) is 48.0 Å². The fourth-order valence-corrected chi connectivity index (χ4v) is 5.12. The first kappa shape index (κ1) is 20.7. The molecule has 0 bridgehead atoms. The Bertz CT molecular complexity index is 1070. The lowest BCUT2D eigenvalue weighted by Crippen LogP contribution is -2.35. The summed E-state index contributed by atoms with van der Waals surface area (Å²) in [5, 5.41) is 13.0. The molecule has 0 radical (unpaired) electrons. The van der Waals surface area contributed by atoms with Crippen LogP contribution in [0.2, 0.25) is 0 Å². The summed E-state index contributed by atoms with van der Waals surface area (Å²) >= 11 is 0. The minimum Gasteiger partial charge on any atom is -0.396 e. The van der Waals surface area contributed by atoms with E-state index >= 15 is 0 Å². The SMILES string of the molecule is O=S(=O)(c1ccc(Cc2nc(-c3ccc(CCO)cc3)no2)cc1)N1CCCCC1. The number of benzene rings is 2. The van der Waals surface area contributed by atoms with Crippen LogP contribution >= 0.6 is 0 Å². The summed E-state index contributed by atoms with van der Waals surface area (Å²) in [5.74, 6) is 0.973. The molecule has 7 nitrogen and oxygen atoms in total. The molecule has 30 heavy (non-hydrogen) atoms. The van der Waals surface area contributed by atoms with Crippen molar-refractivity contribution in [2.75, 3.05) is 19.7 Å². The maximum atomic E-state index is 12.8. The predicted octanol–water partition coefficient (Wildman–Crippen LogP) is 3.04. The Kier molecular flexibility index (Phi) is 6.26. The summed E-state index contributed by atoms with van der Waals surface area (Å²) in [5.41, 5.74) is 2.79. The molecule has 1 N–H and O–H groups in total. The average Bonchev–Trinajstić information content (AvgIpc) is 3.24. The Morgan fingerprint density at radius 1 is 0.933 bits per heavy atom. The van der Waals surface area contributed by atoms with Crippen LogP contribution in [0, 0.1) is 0 Å². The highest BCUT2D eigenvalue weighted by molar-refractivity contribution is 7.89. The number of rotatable bonds is 7. The van der Waals surface area contributed by atoms with Crippen LogP contribution < -0.4 is 0 Å². The van der Waals surface area contributed by atoms with E-state index in [0.29, 0.717) is 42.5 Å². The topological polar surface area (TPSA) is 96.5 Å². The highest BCUT2D eigenvalue weighted by atomic mass is 32.2. The van der Waals surface area contributed by atoms with Crippen LogP contribution in [0.4, 0.5) is 0 Å². The number of hydrogen-bond acceptors (Lipinski definition) is 6. The van der Waals surface area contributed by atoms with Crippen LogP contribution in [-0.4, -0.2) is 47.7 Å². The van der Waals surface area contributed by atoms with Crippen molar-refractivity contribution < 1.29 is 18.0 Å². The fraction of sp³-hybridized carbons (Fsp3) is 0.364. The van der Waals surface area contributed by atoms with Crippen LogP contribution in [0.1, 0.15) is 36.3 Å². The van der Waals surface area contributed by atoms with Crippen LogP contribution in [0.15, 0.2) is 57.9 Å². The molecule has 1 saturated heterocycles. The first-order valence-corrected chi connectivity index (χ1v) is 11.6. The summed E-state index contributed by atoms with van der Waals surface area (Å²) < 4.78 is 32.4. The number of aliphatic hydroxyl groups is 1. The summed E-state index contributed by atoms with van der Waals surface area (Å²) in [7, 11) is -3.43. The molecule has 3 aromatic rings. The zero-order chi connectivity index (χ0) is 21.0. The monoisotopic (exact) mass is 427 g/mol. The first-order chi connectivity index (χ1) is 14.6. The van der Waals surface area contributed by atoms with Crippen molar-refractivity contribution in [3.05, 3.63) is 65.5 Å². The van der Waals surface area contributed by atoms with Crippen molar-refractivity contribution in [2.45, 2.75) is 37.0 Å². The van der Waals surface area contributed by atoms with Gasteiger partial charge in [-0.3, -0.25) is 0 Å². The second kappa shape index (κ2) is 9.07. The zero-order valence-electron chi connectivity index (χ0n) is 16.7. The molecule has 158 valence electrons. The lowest BCUT2D eigenvalue weighted by atomic mass is 10.1. The Hall–Kier alpha value is -2.55. The van der Waals surface area contributed by atoms with Gasteiger partial charge in [-0.2, -0.15) is 9.29 Å². The first-order valence-electron chi connectivity index (χ1n) is 10.2. The molecular formula is C22H25N3O4S. The van der Waals surface area contributed by atoms with E-state index in [1.807, 2.05) is 24.3 Å². The van der Waals surface area contributed by atoms with Gasteiger partial charge in [-0.05, 0) is 42.5 Å². The Morgan fingerprint density at radius 2 is 1.60 bits per heavy atom. The maximum absolute atomic E-state index is 12.8. The summed E-state index contributed by atoms with van der Waals surface area (Å²) in [6.07, 6.45) is 3.97. The summed E-state index contributed by atoms with van der Waals surface area (Å²) in [4.78, 5) is 4.76. The van der Waals surface area contributed by atoms with Crippen molar-refractivity contribution >= 4 is 10.0 Å². The molecule has 2 heterocycles. The van der Waals surface area contributed by atoms with Crippen LogP contribution in [0.25, 0.3) is 11.4 Å². The minimum atomic E-state index is -3.43. The molecule has 2 aromatic carbocycles. The second-order valence-electron chi connectivity index (χ2n) is 7.47. The van der Waals surface area contributed by atoms with E-state index in [9.17, 15) is 8.42 Å². The fourth-order valence-electron chi connectivity index (χ4n) is 3.60. The molecule has 1 fully saturated rings. The molecule has 8 heteroatoms. The molecule has 1 aromatic heterocycles. The van der Waals surface area contributed by atoms with Gasteiger partial charge in [0.25, 0.3) is 0 Å². The largest absolute Gasteiger partial charge is 0.396 e. The number of hydrogen-bond donors (Lipinski definition) is 1. The normalized spacial score (nSPS) is 15.4. The standard InChI is InChI=1S/C22H25N3O4S/c26-15-12-17-4-8-19(9-5-17)22-23-21(29-24-22)16-18-6-10-20(11-7-18)30(27,28)25-13-2-1-3-14-25/h4-11,26H,1-3,12-16H2. The van der Waals surface area contributed by atoms with Gasteiger partial charge < -0.3 is 9.63 Å². The van der Waals surface area contributed by atoms with Crippen LogP contribution in [0.3, 0.4) is 0 Å². The molecule has 0 amide bonds. The number of aliphatic hydroxyl groups excluding tert-OH is 1. The van der Waals surface area contributed by atoms with Gasteiger partial charge in [-0.15, -0.1) is 0 Å². The lowest BCUT2D eigenvalue weighted by molar-refractivity contribution is 0.299. The number of sulfonamides is 1. The molecule has 0 saturated carbocycles. The highest BCUT2D eigenvalue weighted by Gasteiger charge is 2.25. The molecule has 0 unspecified atom stereocenters. The Balaban J connectivity index is 1.44. The maximum Gasteiger partial charge on any atom is 0.243 e.